The molecule has 2 heterocycles. The minimum absolute atomic E-state index is 0.0144. The fourth-order valence-electron chi connectivity index (χ4n) is 6.90. The van der Waals surface area contributed by atoms with Crippen LogP contribution in [-0.4, -0.2) is 46.3 Å². The van der Waals surface area contributed by atoms with E-state index in [9.17, 15) is 9.59 Å². The number of carbonyl (C=O) groups excluding carboxylic acids is 2. The summed E-state index contributed by atoms with van der Waals surface area (Å²) in [4.78, 5) is 24.8. The van der Waals surface area contributed by atoms with Crippen LogP contribution in [0, 0.1) is 0 Å². The van der Waals surface area contributed by atoms with Gasteiger partial charge in [0.15, 0.2) is 0 Å². The van der Waals surface area contributed by atoms with E-state index in [1.54, 1.807) is 0 Å². The molecule has 4 unspecified atom stereocenters. The molecule has 6 nitrogen and oxygen atoms in total. The fraction of sp³-hybridized carbons (Fsp3) is 0.929. The van der Waals surface area contributed by atoms with Gasteiger partial charge in [0.05, 0.1) is 0 Å². The monoisotopic (exact) mass is 480 g/mol. The normalized spacial score (nSPS) is 32.7. The molecule has 0 aromatic heterocycles. The predicted molar refractivity (Wildman–Crippen MR) is 138 cm³/mol. The molecule has 0 aliphatic carbocycles. The summed E-state index contributed by atoms with van der Waals surface area (Å²) in [6, 6.07) is 0.688. The van der Waals surface area contributed by atoms with Gasteiger partial charge in [-0.3, -0.25) is 9.59 Å². The van der Waals surface area contributed by atoms with Crippen molar-refractivity contribution in [1.82, 2.24) is 10.6 Å². The molecule has 0 saturated carbocycles. The maximum absolute atomic E-state index is 12.4. The number of carbonyl (C=O) groups is 2. The van der Waals surface area contributed by atoms with Crippen molar-refractivity contribution >= 4 is 11.9 Å². The lowest BCUT2D eigenvalue weighted by atomic mass is 9.79. The van der Waals surface area contributed by atoms with Crippen molar-refractivity contribution in [3.63, 3.8) is 0 Å². The zero-order valence-electron chi connectivity index (χ0n) is 23.3. The number of esters is 2. The van der Waals surface area contributed by atoms with Gasteiger partial charge in [0.2, 0.25) is 0 Å². The van der Waals surface area contributed by atoms with Crippen LogP contribution in [0.1, 0.15) is 132 Å². The van der Waals surface area contributed by atoms with Gasteiger partial charge in [-0.05, 0) is 68.2 Å². The zero-order chi connectivity index (χ0) is 25.6. The van der Waals surface area contributed by atoms with Gasteiger partial charge in [0, 0.05) is 61.7 Å². The lowest BCUT2D eigenvalue weighted by Gasteiger charge is -2.46. The Morgan fingerprint density at radius 1 is 0.647 bits per heavy atom. The topological polar surface area (TPSA) is 76.7 Å². The summed E-state index contributed by atoms with van der Waals surface area (Å²) in [6.07, 6.45) is 10.3. The van der Waals surface area contributed by atoms with E-state index in [4.69, 9.17) is 9.47 Å². The minimum Gasteiger partial charge on any atom is -0.459 e. The quantitative estimate of drug-likeness (QED) is 0.287. The molecule has 0 radical (unpaired) electrons. The molecular formula is C28H52N2O4. The SMILES string of the molecule is CC1CC(C)(OC(=O)CCCCCCCCC(=O)OC2(C)CC(C)NC(C)(C)C2)CC(C)(C)N1. The molecular weight excluding hydrogens is 428 g/mol. The lowest BCUT2D eigenvalue weighted by Crippen LogP contribution is -2.58. The Morgan fingerprint density at radius 3 is 1.29 bits per heavy atom. The molecule has 2 aliphatic rings. The summed E-state index contributed by atoms with van der Waals surface area (Å²) < 4.78 is 11.8. The van der Waals surface area contributed by atoms with Gasteiger partial charge in [-0.15, -0.1) is 0 Å². The van der Waals surface area contributed by atoms with Crippen LogP contribution in [0.25, 0.3) is 0 Å². The van der Waals surface area contributed by atoms with Gasteiger partial charge in [0.1, 0.15) is 11.2 Å². The van der Waals surface area contributed by atoms with E-state index in [2.05, 4.69) is 66.0 Å². The molecule has 2 fully saturated rings. The molecule has 4 atom stereocenters. The fourth-order valence-corrected chi connectivity index (χ4v) is 6.90. The van der Waals surface area contributed by atoms with Crippen LogP contribution in [0.3, 0.4) is 0 Å². The van der Waals surface area contributed by atoms with Crippen LogP contribution in [-0.2, 0) is 19.1 Å². The summed E-state index contributed by atoms with van der Waals surface area (Å²) in [5, 5.41) is 7.14. The summed E-state index contributed by atoms with van der Waals surface area (Å²) in [5.74, 6) is -0.141. The molecule has 2 N–H and O–H groups in total. The van der Waals surface area contributed by atoms with E-state index in [1.165, 1.54) is 0 Å². The first-order valence-electron chi connectivity index (χ1n) is 13.6. The molecule has 0 aromatic rings. The van der Waals surface area contributed by atoms with Crippen molar-refractivity contribution in [2.75, 3.05) is 0 Å². The van der Waals surface area contributed by atoms with E-state index in [-0.39, 0.29) is 34.2 Å². The van der Waals surface area contributed by atoms with Crippen LogP contribution in [0.5, 0.6) is 0 Å². The number of nitrogens with one attached hydrogen (secondary N) is 2. The molecule has 2 rings (SSSR count). The highest BCUT2D eigenvalue weighted by Crippen LogP contribution is 2.35. The molecule has 2 aliphatic heterocycles. The highest BCUT2D eigenvalue weighted by molar-refractivity contribution is 5.70. The number of hydrogen-bond acceptors (Lipinski definition) is 6. The number of hydrogen-bond donors (Lipinski definition) is 2. The molecule has 0 aromatic carbocycles. The minimum atomic E-state index is -0.376. The summed E-state index contributed by atoms with van der Waals surface area (Å²) in [5.41, 5.74) is -0.781. The Bertz CT molecular complexity index is 634. The predicted octanol–water partition coefficient (Wildman–Crippen LogP) is 5.81. The molecule has 0 amide bonds. The first-order chi connectivity index (χ1) is 15.6. The maximum Gasteiger partial charge on any atom is 0.306 e. The second-order valence-electron chi connectivity index (χ2n) is 13.1. The third kappa shape index (κ3) is 10.2. The van der Waals surface area contributed by atoms with Crippen LogP contribution in [0.4, 0.5) is 0 Å². The summed E-state index contributed by atoms with van der Waals surface area (Å²) in [6.45, 7) is 17.1. The molecule has 0 bridgehead atoms. The lowest BCUT2D eigenvalue weighted by molar-refractivity contribution is -0.165. The number of unbranched alkanes of at least 4 members (excludes halogenated alkanes) is 5. The summed E-state index contributed by atoms with van der Waals surface area (Å²) in [7, 11) is 0. The van der Waals surface area contributed by atoms with Crippen LogP contribution in [0.2, 0.25) is 0 Å². The van der Waals surface area contributed by atoms with E-state index in [1.807, 2.05) is 0 Å². The van der Waals surface area contributed by atoms with Gasteiger partial charge in [-0.2, -0.15) is 0 Å². The molecule has 6 heteroatoms. The number of ether oxygens (including phenoxy) is 2. The Hall–Kier alpha value is -1.14. The van der Waals surface area contributed by atoms with Gasteiger partial charge in [-0.25, -0.2) is 0 Å². The van der Waals surface area contributed by atoms with Crippen molar-refractivity contribution < 1.29 is 19.1 Å². The first kappa shape index (κ1) is 29.1. The van der Waals surface area contributed by atoms with Crippen LogP contribution < -0.4 is 10.6 Å². The van der Waals surface area contributed by atoms with Crippen molar-refractivity contribution in [2.45, 2.75) is 167 Å². The summed E-state index contributed by atoms with van der Waals surface area (Å²) >= 11 is 0. The highest BCUT2D eigenvalue weighted by Gasteiger charge is 2.43. The zero-order valence-corrected chi connectivity index (χ0v) is 23.3. The Balaban J connectivity index is 1.54. The number of piperidine rings is 2. The first-order valence-corrected chi connectivity index (χ1v) is 13.6. The Labute approximate surface area is 208 Å². The smallest absolute Gasteiger partial charge is 0.306 e. The molecule has 2 saturated heterocycles. The third-order valence-electron chi connectivity index (χ3n) is 7.11. The van der Waals surface area contributed by atoms with Crippen LogP contribution in [0.15, 0.2) is 0 Å². The van der Waals surface area contributed by atoms with Crippen molar-refractivity contribution in [1.29, 1.82) is 0 Å². The van der Waals surface area contributed by atoms with Crippen molar-refractivity contribution in [2.24, 2.45) is 0 Å². The van der Waals surface area contributed by atoms with E-state index < -0.39 is 0 Å². The number of rotatable bonds is 11. The van der Waals surface area contributed by atoms with Crippen molar-refractivity contribution in [3.05, 3.63) is 0 Å². The average Bonchev–Trinajstić information content (AvgIpc) is 2.58. The molecule has 198 valence electrons. The standard InChI is InChI=1S/C28H52N2O4/c1-21-17-27(7,19-25(3,4)29-21)33-23(31)15-13-11-9-10-12-14-16-24(32)34-28(8)18-22(2)30-26(5,6)20-28/h21-22,29-30H,9-20H2,1-8H3. The van der Waals surface area contributed by atoms with Gasteiger partial charge < -0.3 is 20.1 Å². The van der Waals surface area contributed by atoms with Crippen LogP contribution >= 0.6 is 0 Å². The van der Waals surface area contributed by atoms with Crippen molar-refractivity contribution in [3.8, 4) is 0 Å². The highest BCUT2D eigenvalue weighted by atomic mass is 16.6. The van der Waals surface area contributed by atoms with Gasteiger partial charge in [0.25, 0.3) is 0 Å². The average molecular weight is 481 g/mol. The van der Waals surface area contributed by atoms with E-state index in [0.717, 1.165) is 64.2 Å². The second kappa shape index (κ2) is 11.7. The van der Waals surface area contributed by atoms with Gasteiger partial charge in [-0.1, -0.05) is 25.7 Å². The third-order valence-corrected chi connectivity index (χ3v) is 7.11. The Morgan fingerprint density at radius 2 is 0.971 bits per heavy atom. The maximum atomic E-state index is 12.4. The van der Waals surface area contributed by atoms with E-state index >= 15 is 0 Å². The second-order valence-corrected chi connectivity index (χ2v) is 13.1. The van der Waals surface area contributed by atoms with Gasteiger partial charge >= 0.3 is 11.9 Å². The Kier molecular flexibility index (Phi) is 10.0. The molecule has 0 spiro atoms. The molecule has 34 heavy (non-hydrogen) atoms. The van der Waals surface area contributed by atoms with E-state index in [0.29, 0.717) is 24.9 Å². The largest absolute Gasteiger partial charge is 0.459 e.